The highest BCUT2D eigenvalue weighted by Crippen LogP contribution is 2.29. The maximum atomic E-state index is 10.5. The largest absolute Gasteiger partial charge is 0.481 e. The summed E-state index contributed by atoms with van der Waals surface area (Å²) in [5, 5.41) is 17.6. The first-order valence-corrected chi connectivity index (χ1v) is 5.82. The Bertz CT molecular complexity index is 290. The Kier molecular flexibility index (Phi) is 4.31. The topological polar surface area (TPSA) is 64.3 Å². The lowest BCUT2D eigenvalue weighted by Crippen LogP contribution is -2.32. The first-order valence-electron chi connectivity index (χ1n) is 5.82. The highest BCUT2D eigenvalue weighted by atomic mass is 16.4. The van der Waals surface area contributed by atoms with E-state index in [9.17, 15) is 4.79 Å². The molecule has 1 aliphatic carbocycles. The summed E-state index contributed by atoms with van der Waals surface area (Å²) in [7, 11) is 0. The summed E-state index contributed by atoms with van der Waals surface area (Å²) in [6.45, 7) is 5.30. The van der Waals surface area contributed by atoms with Gasteiger partial charge in [0.05, 0.1) is 17.9 Å². The maximum absolute atomic E-state index is 10.5. The van der Waals surface area contributed by atoms with Gasteiger partial charge in [0.1, 0.15) is 0 Å². The Morgan fingerprint density at radius 3 is 2.56 bits per heavy atom. The number of rotatable bonds is 7. The van der Waals surface area contributed by atoms with Crippen LogP contribution in [0.2, 0.25) is 0 Å². The predicted molar refractivity (Wildman–Crippen MR) is 60.9 cm³/mol. The summed E-state index contributed by atoms with van der Waals surface area (Å²) < 4.78 is 0. The summed E-state index contributed by atoms with van der Waals surface area (Å²) in [5.41, 5.74) is -0.309. The van der Waals surface area contributed by atoms with E-state index in [0.717, 1.165) is 13.0 Å². The normalized spacial score (nSPS) is 16.1. The minimum atomic E-state index is -0.745. The lowest BCUT2D eigenvalue weighted by Gasteiger charge is -2.24. The number of aliphatic carboxylic acids is 1. The molecule has 1 saturated carbocycles. The van der Waals surface area contributed by atoms with Crippen LogP contribution in [-0.4, -0.2) is 35.1 Å². The molecule has 0 unspecified atom stereocenters. The Labute approximate surface area is 96.9 Å². The second-order valence-electron chi connectivity index (χ2n) is 5.16. The molecule has 0 radical (unpaired) electrons. The third-order valence-corrected chi connectivity index (χ3v) is 3.00. The monoisotopic (exact) mass is 224 g/mol. The van der Waals surface area contributed by atoms with E-state index < -0.39 is 5.97 Å². The van der Waals surface area contributed by atoms with E-state index in [2.05, 4.69) is 11.0 Å². The molecular weight excluding hydrogens is 204 g/mol. The molecule has 0 saturated heterocycles. The van der Waals surface area contributed by atoms with Crippen molar-refractivity contribution >= 4 is 5.97 Å². The van der Waals surface area contributed by atoms with Crippen LogP contribution in [0.25, 0.3) is 0 Å². The molecule has 0 aliphatic heterocycles. The van der Waals surface area contributed by atoms with E-state index in [-0.39, 0.29) is 11.8 Å². The maximum Gasteiger partial charge on any atom is 0.304 e. The van der Waals surface area contributed by atoms with Crippen molar-refractivity contribution in [3.05, 3.63) is 0 Å². The molecule has 4 nitrogen and oxygen atoms in total. The van der Waals surface area contributed by atoms with Gasteiger partial charge in [0.2, 0.25) is 0 Å². The molecule has 90 valence electrons. The fraction of sp³-hybridized carbons (Fsp3) is 0.833. The van der Waals surface area contributed by atoms with Gasteiger partial charge in [-0.1, -0.05) is 0 Å². The van der Waals surface area contributed by atoms with Gasteiger partial charge in [-0.25, -0.2) is 0 Å². The third kappa shape index (κ3) is 4.63. The van der Waals surface area contributed by atoms with Gasteiger partial charge < -0.3 is 5.11 Å². The van der Waals surface area contributed by atoms with Crippen molar-refractivity contribution < 1.29 is 9.90 Å². The van der Waals surface area contributed by atoms with Gasteiger partial charge in [0.15, 0.2) is 0 Å². The fourth-order valence-corrected chi connectivity index (χ4v) is 1.63. The Morgan fingerprint density at radius 1 is 1.50 bits per heavy atom. The van der Waals surface area contributed by atoms with Crippen LogP contribution in [0.3, 0.4) is 0 Å². The predicted octanol–water partition coefficient (Wildman–Crippen LogP) is 1.87. The van der Waals surface area contributed by atoms with Crippen LogP contribution >= 0.6 is 0 Å². The average Bonchev–Trinajstić information content (AvgIpc) is 3.01. The molecule has 0 aromatic carbocycles. The van der Waals surface area contributed by atoms with Crippen LogP contribution in [0.5, 0.6) is 0 Å². The second-order valence-corrected chi connectivity index (χ2v) is 5.16. The number of nitriles is 1. The molecule has 0 amide bonds. The molecule has 1 N–H and O–H groups in total. The first-order chi connectivity index (χ1) is 7.44. The van der Waals surface area contributed by atoms with Crippen molar-refractivity contribution in [2.24, 2.45) is 5.41 Å². The molecule has 0 atom stereocenters. The molecule has 0 bridgehead atoms. The summed E-state index contributed by atoms with van der Waals surface area (Å²) in [5.74, 6) is -0.745. The van der Waals surface area contributed by atoms with Crippen molar-refractivity contribution in [1.82, 2.24) is 4.90 Å². The number of carbonyl (C=O) groups is 1. The van der Waals surface area contributed by atoms with Gasteiger partial charge >= 0.3 is 5.97 Å². The van der Waals surface area contributed by atoms with E-state index in [1.165, 1.54) is 12.8 Å². The van der Waals surface area contributed by atoms with Crippen molar-refractivity contribution in [3.63, 3.8) is 0 Å². The minimum Gasteiger partial charge on any atom is -0.481 e. The Morgan fingerprint density at radius 2 is 2.12 bits per heavy atom. The van der Waals surface area contributed by atoms with E-state index in [1.807, 2.05) is 13.8 Å². The van der Waals surface area contributed by atoms with Crippen LogP contribution in [0.1, 0.15) is 39.5 Å². The molecule has 0 aromatic rings. The lowest BCUT2D eigenvalue weighted by molar-refractivity contribution is -0.137. The zero-order valence-corrected chi connectivity index (χ0v) is 10.1. The quantitative estimate of drug-likeness (QED) is 0.717. The van der Waals surface area contributed by atoms with Crippen molar-refractivity contribution in [3.8, 4) is 6.07 Å². The summed E-state index contributed by atoms with van der Waals surface area (Å²) in [6.07, 6.45) is 3.35. The van der Waals surface area contributed by atoms with Crippen LogP contribution in [0.15, 0.2) is 0 Å². The number of hydrogen-bond donors (Lipinski definition) is 1. The molecule has 1 fully saturated rings. The number of carboxylic acid groups (broad SMARTS) is 1. The van der Waals surface area contributed by atoms with E-state index in [0.29, 0.717) is 12.6 Å². The van der Waals surface area contributed by atoms with Crippen molar-refractivity contribution in [2.45, 2.75) is 45.6 Å². The van der Waals surface area contributed by atoms with E-state index in [1.54, 1.807) is 0 Å². The van der Waals surface area contributed by atoms with E-state index >= 15 is 0 Å². The number of carboxylic acids is 1. The van der Waals surface area contributed by atoms with Gasteiger partial charge in [-0.2, -0.15) is 5.26 Å². The average molecular weight is 224 g/mol. The molecular formula is C12H20N2O2. The van der Waals surface area contributed by atoms with Gasteiger partial charge in [-0.3, -0.25) is 9.69 Å². The van der Waals surface area contributed by atoms with Crippen LogP contribution in [-0.2, 0) is 4.79 Å². The summed E-state index contributed by atoms with van der Waals surface area (Å²) in [6, 6.07) is 2.84. The molecule has 0 aromatic heterocycles. The zero-order valence-electron chi connectivity index (χ0n) is 10.1. The highest BCUT2D eigenvalue weighted by Gasteiger charge is 2.30. The smallest absolute Gasteiger partial charge is 0.304 e. The van der Waals surface area contributed by atoms with Crippen molar-refractivity contribution in [2.75, 3.05) is 13.1 Å². The van der Waals surface area contributed by atoms with Gasteiger partial charge in [0, 0.05) is 12.6 Å². The number of hydrogen-bond acceptors (Lipinski definition) is 3. The van der Waals surface area contributed by atoms with Gasteiger partial charge in [-0.05, 0) is 39.7 Å². The zero-order chi connectivity index (χ0) is 12.2. The highest BCUT2D eigenvalue weighted by molar-refractivity contribution is 5.66. The molecule has 1 rings (SSSR count). The van der Waals surface area contributed by atoms with Gasteiger partial charge in [0.25, 0.3) is 0 Å². The fourth-order valence-electron chi connectivity index (χ4n) is 1.63. The van der Waals surface area contributed by atoms with Crippen LogP contribution < -0.4 is 0 Å². The molecule has 4 heteroatoms. The molecule has 0 spiro atoms. The molecule has 0 heterocycles. The van der Waals surface area contributed by atoms with Gasteiger partial charge in [-0.15, -0.1) is 0 Å². The van der Waals surface area contributed by atoms with Crippen LogP contribution in [0.4, 0.5) is 0 Å². The Balaban J connectivity index is 2.34. The first kappa shape index (κ1) is 13.0. The molecule has 1 aliphatic rings. The lowest BCUT2D eigenvalue weighted by atomic mass is 9.91. The standard InChI is InChI=1S/C12H20N2O2/c1-12(2,9-13)6-8-14(10-3-4-10)7-5-11(15)16/h10H,3-8H2,1-2H3,(H,15,16). The second kappa shape index (κ2) is 5.31. The summed E-state index contributed by atoms with van der Waals surface area (Å²) >= 11 is 0. The molecule has 16 heavy (non-hydrogen) atoms. The van der Waals surface area contributed by atoms with Crippen LogP contribution in [0, 0.1) is 16.7 Å². The summed E-state index contributed by atoms with van der Waals surface area (Å²) in [4.78, 5) is 12.7. The van der Waals surface area contributed by atoms with E-state index in [4.69, 9.17) is 10.4 Å². The minimum absolute atomic E-state index is 0.198. The SMILES string of the molecule is CC(C)(C#N)CCN(CCC(=O)O)C1CC1. The van der Waals surface area contributed by atoms with Crippen molar-refractivity contribution in [1.29, 1.82) is 5.26 Å². The third-order valence-electron chi connectivity index (χ3n) is 3.00. The Hall–Kier alpha value is -1.08. The number of nitrogens with zero attached hydrogens (tertiary/aromatic N) is 2.